The number of rotatable bonds is 4. The summed E-state index contributed by atoms with van der Waals surface area (Å²) in [4.78, 5) is 12.5. The van der Waals surface area contributed by atoms with Crippen molar-refractivity contribution in [3.8, 4) is 0 Å². The zero-order valence-electron chi connectivity index (χ0n) is 13.7. The molecule has 128 valence electrons. The number of carbonyl (C=O) groups is 1. The van der Waals surface area contributed by atoms with Crippen molar-refractivity contribution in [1.82, 2.24) is 0 Å². The standard InChI is InChI=1S/C20H16F2O2S/c1-11(20(23)24)16-8-13(7-12-3-5-15(25-2)6-4-12)19-17(16)9-14(21)10-18(19)22/h3-11H,1-2H3,(H,23,24)/b13-7-. The molecule has 25 heavy (non-hydrogen) atoms. The molecule has 1 aliphatic carbocycles. The molecule has 0 aromatic heterocycles. The van der Waals surface area contributed by atoms with Gasteiger partial charge in [-0.25, -0.2) is 8.78 Å². The average molecular weight is 358 g/mol. The average Bonchev–Trinajstić information content (AvgIpc) is 2.93. The lowest BCUT2D eigenvalue weighted by molar-refractivity contribution is -0.139. The summed E-state index contributed by atoms with van der Waals surface area (Å²) >= 11 is 1.62. The molecule has 5 heteroatoms. The van der Waals surface area contributed by atoms with Gasteiger partial charge in [0, 0.05) is 16.5 Å². The maximum atomic E-state index is 14.4. The quantitative estimate of drug-likeness (QED) is 0.749. The Bertz CT molecular complexity index is 899. The Balaban J connectivity index is 2.14. The summed E-state index contributed by atoms with van der Waals surface area (Å²) in [7, 11) is 0. The van der Waals surface area contributed by atoms with Crippen molar-refractivity contribution in [1.29, 1.82) is 0 Å². The van der Waals surface area contributed by atoms with Crippen LogP contribution in [-0.4, -0.2) is 17.3 Å². The van der Waals surface area contributed by atoms with Crippen LogP contribution in [0.3, 0.4) is 0 Å². The first-order valence-electron chi connectivity index (χ1n) is 7.70. The minimum atomic E-state index is -1.03. The molecule has 0 bridgehead atoms. The third kappa shape index (κ3) is 3.37. The maximum Gasteiger partial charge on any atom is 0.310 e. The normalized spacial score (nSPS) is 15.8. The molecule has 1 atom stereocenters. The largest absolute Gasteiger partial charge is 0.481 e. The molecule has 2 aromatic carbocycles. The molecule has 0 amide bonds. The van der Waals surface area contributed by atoms with Gasteiger partial charge < -0.3 is 5.11 Å². The van der Waals surface area contributed by atoms with Crippen LogP contribution < -0.4 is 0 Å². The van der Waals surface area contributed by atoms with Crippen LogP contribution in [0.25, 0.3) is 17.2 Å². The number of halogens is 2. The highest BCUT2D eigenvalue weighted by Crippen LogP contribution is 2.42. The Labute approximate surface area is 148 Å². The first kappa shape index (κ1) is 17.4. The first-order chi connectivity index (χ1) is 11.9. The third-order valence-corrected chi connectivity index (χ3v) is 4.98. The zero-order chi connectivity index (χ0) is 18.1. The Morgan fingerprint density at radius 1 is 1.20 bits per heavy atom. The number of carboxylic acids is 1. The first-order valence-corrected chi connectivity index (χ1v) is 8.93. The molecule has 3 rings (SSSR count). The van der Waals surface area contributed by atoms with E-state index in [0.717, 1.165) is 16.5 Å². The van der Waals surface area contributed by atoms with Crippen molar-refractivity contribution in [3.05, 3.63) is 70.8 Å². The minimum Gasteiger partial charge on any atom is -0.481 e. The number of allylic oxidation sites excluding steroid dienone is 2. The molecule has 2 aromatic rings. The van der Waals surface area contributed by atoms with Crippen molar-refractivity contribution in [3.63, 3.8) is 0 Å². The molecule has 0 saturated heterocycles. The summed E-state index contributed by atoms with van der Waals surface area (Å²) in [5.74, 6) is -3.30. The second-order valence-corrected chi connectivity index (χ2v) is 6.72. The van der Waals surface area contributed by atoms with Crippen LogP contribution in [0.4, 0.5) is 8.78 Å². The number of hydrogen-bond donors (Lipinski definition) is 1. The van der Waals surface area contributed by atoms with Crippen LogP contribution in [0.15, 0.2) is 47.4 Å². The number of carboxylic acid groups (broad SMARTS) is 1. The zero-order valence-corrected chi connectivity index (χ0v) is 14.5. The summed E-state index contributed by atoms with van der Waals surface area (Å²) in [6.45, 7) is 1.51. The second kappa shape index (κ2) is 6.84. The fraction of sp³-hybridized carbons (Fsp3) is 0.150. The molecule has 2 nitrogen and oxygen atoms in total. The molecule has 0 heterocycles. The van der Waals surface area contributed by atoms with E-state index in [1.54, 1.807) is 23.9 Å². The van der Waals surface area contributed by atoms with Gasteiger partial charge in [0.25, 0.3) is 0 Å². The molecule has 0 saturated carbocycles. The molecule has 0 aliphatic heterocycles. The van der Waals surface area contributed by atoms with Crippen molar-refractivity contribution >= 4 is 35.0 Å². The topological polar surface area (TPSA) is 37.3 Å². The molecule has 0 radical (unpaired) electrons. The predicted molar refractivity (Wildman–Crippen MR) is 97.2 cm³/mol. The fourth-order valence-electron chi connectivity index (χ4n) is 2.90. The van der Waals surface area contributed by atoms with Crippen molar-refractivity contribution < 1.29 is 18.7 Å². The smallest absolute Gasteiger partial charge is 0.310 e. The number of hydrogen-bond acceptors (Lipinski definition) is 2. The van der Waals surface area contributed by atoms with Gasteiger partial charge in [-0.15, -0.1) is 11.8 Å². The number of benzene rings is 2. The molecule has 1 aliphatic rings. The van der Waals surface area contributed by atoms with Gasteiger partial charge in [-0.2, -0.15) is 0 Å². The van der Waals surface area contributed by atoms with Crippen LogP contribution in [0, 0.1) is 17.6 Å². The lowest BCUT2D eigenvalue weighted by Gasteiger charge is -2.10. The van der Waals surface area contributed by atoms with E-state index in [-0.39, 0.29) is 5.56 Å². The van der Waals surface area contributed by atoms with Crippen molar-refractivity contribution in [2.75, 3.05) is 6.26 Å². The highest BCUT2D eigenvalue weighted by Gasteiger charge is 2.29. The van der Waals surface area contributed by atoms with Crippen LogP contribution in [0.5, 0.6) is 0 Å². The van der Waals surface area contributed by atoms with Gasteiger partial charge in [0.05, 0.1) is 5.92 Å². The van der Waals surface area contributed by atoms with Gasteiger partial charge in [0.2, 0.25) is 0 Å². The van der Waals surface area contributed by atoms with Gasteiger partial charge in [0.1, 0.15) is 11.6 Å². The molecular formula is C20H16F2O2S. The minimum absolute atomic E-state index is 0.249. The van der Waals surface area contributed by atoms with E-state index in [0.29, 0.717) is 16.7 Å². The van der Waals surface area contributed by atoms with Gasteiger partial charge in [-0.05, 0) is 65.8 Å². The van der Waals surface area contributed by atoms with Gasteiger partial charge in [0.15, 0.2) is 0 Å². The van der Waals surface area contributed by atoms with Crippen LogP contribution >= 0.6 is 11.8 Å². The molecule has 0 spiro atoms. The van der Waals surface area contributed by atoms with E-state index in [9.17, 15) is 18.7 Å². The summed E-state index contributed by atoms with van der Waals surface area (Å²) in [6.07, 6.45) is 5.40. The highest BCUT2D eigenvalue weighted by atomic mass is 32.2. The fourth-order valence-corrected chi connectivity index (χ4v) is 3.31. The molecule has 0 fully saturated rings. The predicted octanol–water partition coefficient (Wildman–Crippen LogP) is 5.35. The van der Waals surface area contributed by atoms with Crippen molar-refractivity contribution in [2.45, 2.75) is 11.8 Å². The van der Waals surface area contributed by atoms with Gasteiger partial charge in [-0.1, -0.05) is 12.1 Å². The van der Waals surface area contributed by atoms with Gasteiger partial charge in [-0.3, -0.25) is 4.79 Å². The number of thioether (sulfide) groups is 1. The Morgan fingerprint density at radius 3 is 2.48 bits per heavy atom. The van der Waals surface area contributed by atoms with Crippen LogP contribution in [-0.2, 0) is 4.79 Å². The lowest BCUT2D eigenvalue weighted by atomic mass is 9.95. The van der Waals surface area contributed by atoms with E-state index in [4.69, 9.17) is 0 Å². The van der Waals surface area contributed by atoms with E-state index in [2.05, 4.69) is 0 Å². The summed E-state index contributed by atoms with van der Waals surface area (Å²) in [6, 6.07) is 9.75. The number of fused-ring (bicyclic) bond motifs is 1. The van der Waals surface area contributed by atoms with Crippen molar-refractivity contribution in [2.24, 2.45) is 5.92 Å². The molecule has 1 unspecified atom stereocenters. The number of aliphatic carboxylic acids is 1. The van der Waals surface area contributed by atoms with E-state index in [1.807, 2.05) is 30.5 Å². The molecule has 1 N–H and O–H groups in total. The van der Waals surface area contributed by atoms with E-state index in [1.165, 1.54) is 13.0 Å². The highest BCUT2D eigenvalue weighted by molar-refractivity contribution is 7.98. The monoisotopic (exact) mass is 358 g/mol. The van der Waals surface area contributed by atoms with E-state index < -0.39 is 23.5 Å². The SMILES string of the molecule is CSc1ccc(/C=C2/C=C(C(C)C(=O)O)c3cc(F)cc(F)c32)cc1. The second-order valence-electron chi connectivity index (χ2n) is 5.84. The lowest BCUT2D eigenvalue weighted by Crippen LogP contribution is -2.11. The molecular weight excluding hydrogens is 342 g/mol. The van der Waals surface area contributed by atoms with E-state index >= 15 is 0 Å². The Kier molecular flexibility index (Phi) is 4.77. The van der Waals surface area contributed by atoms with Gasteiger partial charge >= 0.3 is 5.97 Å². The summed E-state index contributed by atoms with van der Waals surface area (Å²) < 4.78 is 28.1. The summed E-state index contributed by atoms with van der Waals surface area (Å²) in [5, 5.41) is 9.29. The maximum absolute atomic E-state index is 14.4. The summed E-state index contributed by atoms with van der Waals surface area (Å²) in [5.41, 5.74) is 2.38. The van der Waals surface area contributed by atoms with Crippen LogP contribution in [0.2, 0.25) is 0 Å². The third-order valence-electron chi connectivity index (χ3n) is 4.24. The Morgan fingerprint density at radius 2 is 1.88 bits per heavy atom. The van der Waals surface area contributed by atoms with Crippen LogP contribution in [0.1, 0.15) is 23.6 Å². The Hall–Kier alpha value is -2.40.